The second-order valence-electron chi connectivity index (χ2n) is 10.5. The van der Waals surface area contributed by atoms with E-state index in [9.17, 15) is 8.78 Å². The van der Waals surface area contributed by atoms with Crippen molar-refractivity contribution in [2.45, 2.75) is 83.7 Å². The Hall–Kier alpha value is -2.16. The highest BCUT2D eigenvalue weighted by Gasteiger charge is 2.43. The zero-order valence-electron chi connectivity index (χ0n) is 20.6. The molecule has 0 aromatic heterocycles. The Labute approximate surface area is 204 Å². The zero-order chi connectivity index (χ0) is 23.8. The molecule has 0 unspecified atom stereocenters. The van der Waals surface area contributed by atoms with Crippen LogP contribution in [0.4, 0.5) is 8.78 Å². The van der Waals surface area contributed by atoms with E-state index in [1.807, 2.05) is 42.5 Å². The van der Waals surface area contributed by atoms with Crippen molar-refractivity contribution in [2.75, 3.05) is 0 Å². The molecular formula is C31H40F2O. The molecule has 2 aliphatic carbocycles. The van der Waals surface area contributed by atoms with Gasteiger partial charge in [0.2, 0.25) is 0 Å². The standard InChI is InChI=1S/C31H40F2O/c1-2-3-7-24-10-12-25(13-11-24)14-15-26-16-20-29(21-17-26)31(32,33)34-30-22-18-28(19-23-30)27-8-5-4-6-9-27/h4-6,8-9,14-15,18-19,22-26,29H,2-3,7,10-13,16-17,20-21H2,1H3/b15-14+. The highest BCUT2D eigenvalue weighted by molar-refractivity contribution is 5.63. The maximum atomic E-state index is 14.9. The monoisotopic (exact) mass is 466 g/mol. The summed E-state index contributed by atoms with van der Waals surface area (Å²) < 4.78 is 35.0. The van der Waals surface area contributed by atoms with Crippen molar-refractivity contribution < 1.29 is 13.5 Å². The van der Waals surface area contributed by atoms with Gasteiger partial charge in [-0.05, 0) is 92.4 Å². The minimum Gasteiger partial charge on any atom is -0.432 e. The predicted octanol–water partition coefficient (Wildman–Crippen LogP) is 9.68. The molecule has 0 aliphatic heterocycles. The highest BCUT2D eigenvalue weighted by atomic mass is 19.3. The minimum atomic E-state index is -3.13. The first kappa shape index (κ1) is 24.9. The fourth-order valence-electron chi connectivity index (χ4n) is 5.71. The number of rotatable bonds is 9. The Morgan fingerprint density at radius 3 is 1.91 bits per heavy atom. The molecule has 0 amide bonds. The summed E-state index contributed by atoms with van der Waals surface area (Å²) in [6.07, 6.45) is 13.7. The van der Waals surface area contributed by atoms with Gasteiger partial charge in [-0.15, -0.1) is 0 Å². The normalized spacial score (nSPS) is 26.0. The van der Waals surface area contributed by atoms with E-state index in [0.717, 1.165) is 29.9 Å². The highest BCUT2D eigenvalue weighted by Crippen LogP contribution is 2.41. The van der Waals surface area contributed by atoms with Crippen LogP contribution in [0.1, 0.15) is 77.6 Å². The smallest absolute Gasteiger partial charge is 0.400 e. The van der Waals surface area contributed by atoms with Gasteiger partial charge in [0.1, 0.15) is 5.75 Å². The van der Waals surface area contributed by atoms with Crippen molar-refractivity contribution in [3.8, 4) is 16.9 Å². The van der Waals surface area contributed by atoms with E-state index in [1.54, 1.807) is 12.1 Å². The molecule has 0 N–H and O–H groups in total. The third kappa shape index (κ3) is 6.93. The van der Waals surface area contributed by atoms with Gasteiger partial charge in [-0.25, -0.2) is 0 Å². The second kappa shape index (κ2) is 12.0. The van der Waals surface area contributed by atoms with Crippen LogP contribution >= 0.6 is 0 Å². The third-order valence-corrected chi connectivity index (χ3v) is 7.98. The molecule has 3 heteroatoms. The molecule has 4 rings (SSSR count). The summed E-state index contributed by atoms with van der Waals surface area (Å²) in [5.74, 6) is 1.59. The summed E-state index contributed by atoms with van der Waals surface area (Å²) in [6, 6.07) is 16.9. The molecule has 2 aromatic carbocycles. The van der Waals surface area contributed by atoms with Gasteiger partial charge in [0, 0.05) is 0 Å². The summed E-state index contributed by atoms with van der Waals surface area (Å²) in [5.41, 5.74) is 2.06. The molecule has 0 atom stereocenters. The number of allylic oxidation sites excluding steroid dienone is 2. The van der Waals surface area contributed by atoms with Crippen LogP contribution in [-0.4, -0.2) is 6.11 Å². The quantitative estimate of drug-likeness (QED) is 0.334. The van der Waals surface area contributed by atoms with Gasteiger partial charge in [-0.1, -0.05) is 80.8 Å². The van der Waals surface area contributed by atoms with Crippen LogP contribution < -0.4 is 4.74 Å². The third-order valence-electron chi connectivity index (χ3n) is 7.98. The fourth-order valence-corrected chi connectivity index (χ4v) is 5.71. The van der Waals surface area contributed by atoms with Gasteiger partial charge in [0.25, 0.3) is 0 Å². The molecule has 2 fully saturated rings. The van der Waals surface area contributed by atoms with Gasteiger partial charge in [-0.2, -0.15) is 8.78 Å². The van der Waals surface area contributed by atoms with Crippen LogP contribution in [-0.2, 0) is 0 Å². The van der Waals surface area contributed by atoms with Gasteiger partial charge in [0.15, 0.2) is 0 Å². The van der Waals surface area contributed by atoms with Crippen LogP contribution in [0, 0.1) is 23.7 Å². The van der Waals surface area contributed by atoms with Crippen molar-refractivity contribution in [1.82, 2.24) is 0 Å². The summed E-state index contributed by atoms with van der Waals surface area (Å²) in [4.78, 5) is 0. The Morgan fingerprint density at radius 1 is 0.765 bits per heavy atom. The van der Waals surface area contributed by atoms with Crippen molar-refractivity contribution in [3.05, 3.63) is 66.7 Å². The van der Waals surface area contributed by atoms with E-state index < -0.39 is 12.0 Å². The first-order valence-electron chi connectivity index (χ1n) is 13.4. The molecular weight excluding hydrogens is 426 g/mol. The first-order valence-corrected chi connectivity index (χ1v) is 13.4. The Balaban J connectivity index is 1.22. The Morgan fingerprint density at radius 2 is 1.32 bits per heavy atom. The van der Waals surface area contributed by atoms with Crippen LogP contribution in [0.5, 0.6) is 5.75 Å². The number of hydrogen-bond donors (Lipinski definition) is 0. The number of halogens is 2. The summed E-state index contributed by atoms with van der Waals surface area (Å²) in [5, 5.41) is 0. The van der Waals surface area contributed by atoms with E-state index in [-0.39, 0.29) is 5.75 Å². The van der Waals surface area contributed by atoms with Crippen LogP contribution in [0.3, 0.4) is 0 Å². The first-order chi connectivity index (χ1) is 16.5. The molecule has 2 saturated carbocycles. The second-order valence-corrected chi connectivity index (χ2v) is 10.5. The molecule has 0 heterocycles. The van der Waals surface area contributed by atoms with Crippen molar-refractivity contribution >= 4 is 0 Å². The van der Waals surface area contributed by atoms with Crippen LogP contribution in [0.25, 0.3) is 11.1 Å². The number of benzene rings is 2. The average molecular weight is 467 g/mol. The molecule has 2 aromatic rings. The van der Waals surface area contributed by atoms with Crippen LogP contribution in [0.2, 0.25) is 0 Å². The topological polar surface area (TPSA) is 9.23 Å². The number of unbranched alkanes of at least 4 members (excludes halogenated alkanes) is 1. The van der Waals surface area contributed by atoms with Gasteiger partial charge in [-0.3, -0.25) is 0 Å². The number of ether oxygens (including phenoxy) is 1. The lowest BCUT2D eigenvalue weighted by atomic mass is 9.78. The number of hydrogen-bond acceptors (Lipinski definition) is 1. The SMILES string of the molecule is CCCCC1CCC(/C=C/C2CCC(C(F)(F)Oc3ccc(-c4ccccc4)cc3)CC2)CC1. The molecule has 0 bridgehead atoms. The van der Waals surface area contributed by atoms with E-state index in [4.69, 9.17) is 4.74 Å². The summed E-state index contributed by atoms with van der Waals surface area (Å²) >= 11 is 0. The van der Waals surface area contributed by atoms with Crippen molar-refractivity contribution in [1.29, 1.82) is 0 Å². The average Bonchev–Trinajstić information content (AvgIpc) is 2.88. The summed E-state index contributed by atoms with van der Waals surface area (Å²) in [6.45, 7) is 2.27. The predicted molar refractivity (Wildman–Crippen MR) is 137 cm³/mol. The lowest BCUT2D eigenvalue weighted by Crippen LogP contribution is -2.37. The minimum absolute atomic E-state index is 0.237. The maximum absolute atomic E-state index is 14.9. The van der Waals surface area contributed by atoms with Gasteiger partial charge in [0.05, 0.1) is 5.92 Å². The van der Waals surface area contributed by atoms with Gasteiger partial charge < -0.3 is 4.74 Å². The summed E-state index contributed by atoms with van der Waals surface area (Å²) in [7, 11) is 0. The van der Waals surface area contributed by atoms with E-state index in [0.29, 0.717) is 24.7 Å². The molecule has 184 valence electrons. The van der Waals surface area contributed by atoms with E-state index in [1.165, 1.54) is 44.9 Å². The molecule has 2 aliphatic rings. The molecule has 0 spiro atoms. The molecule has 34 heavy (non-hydrogen) atoms. The lowest BCUT2D eigenvalue weighted by molar-refractivity contribution is -0.222. The molecule has 1 nitrogen and oxygen atoms in total. The van der Waals surface area contributed by atoms with E-state index in [2.05, 4.69) is 19.1 Å². The van der Waals surface area contributed by atoms with Crippen LogP contribution in [0.15, 0.2) is 66.7 Å². The Bertz CT molecular complexity index is 873. The van der Waals surface area contributed by atoms with E-state index >= 15 is 0 Å². The largest absolute Gasteiger partial charge is 0.432 e. The lowest BCUT2D eigenvalue weighted by Gasteiger charge is -2.32. The number of alkyl halides is 2. The van der Waals surface area contributed by atoms with Gasteiger partial charge >= 0.3 is 6.11 Å². The molecule has 0 radical (unpaired) electrons. The maximum Gasteiger partial charge on any atom is 0.400 e. The van der Waals surface area contributed by atoms with Crippen molar-refractivity contribution in [2.24, 2.45) is 23.7 Å². The Kier molecular flexibility index (Phi) is 8.80. The van der Waals surface area contributed by atoms with Crippen molar-refractivity contribution in [3.63, 3.8) is 0 Å². The molecule has 0 saturated heterocycles. The fraction of sp³-hybridized carbons (Fsp3) is 0.548. The zero-order valence-corrected chi connectivity index (χ0v) is 20.6.